The van der Waals surface area contributed by atoms with Crippen molar-refractivity contribution in [2.75, 3.05) is 6.54 Å². The zero-order valence-corrected chi connectivity index (χ0v) is 16.5. The molecule has 0 spiro atoms. The summed E-state index contributed by atoms with van der Waals surface area (Å²) in [7, 11) is 0. The van der Waals surface area contributed by atoms with Gasteiger partial charge in [0.2, 0.25) is 5.91 Å². The molecule has 2 amide bonds. The van der Waals surface area contributed by atoms with Crippen molar-refractivity contribution in [3.63, 3.8) is 0 Å². The summed E-state index contributed by atoms with van der Waals surface area (Å²) in [5.74, 6) is 0.0381. The number of nitrogens with zero attached hydrogens (tertiary/aromatic N) is 3. The molecular formula is C21H26N6O2. The van der Waals surface area contributed by atoms with Crippen molar-refractivity contribution >= 4 is 22.8 Å². The summed E-state index contributed by atoms with van der Waals surface area (Å²) in [5, 5.41) is 10.4. The summed E-state index contributed by atoms with van der Waals surface area (Å²) in [6.07, 6.45) is 6.74. The van der Waals surface area contributed by atoms with Gasteiger partial charge in [-0.1, -0.05) is 0 Å². The number of hydrogen-bond acceptors (Lipinski definition) is 4. The van der Waals surface area contributed by atoms with Gasteiger partial charge in [0.05, 0.1) is 29.6 Å². The first kappa shape index (κ1) is 19.2. The number of fused-ring (bicyclic) bond motifs is 1. The number of aromatic amines is 1. The number of aromatic nitrogens is 4. The van der Waals surface area contributed by atoms with Crippen LogP contribution >= 0.6 is 0 Å². The van der Waals surface area contributed by atoms with Crippen LogP contribution in [0.3, 0.4) is 0 Å². The molecule has 8 nitrogen and oxygen atoms in total. The van der Waals surface area contributed by atoms with Crippen LogP contribution in [0.2, 0.25) is 0 Å². The summed E-state index contributed by atoms with van der Waals surface area (Å²) in [4.78, 5) is 32.1. The maximum atomic E-state index is 12.5. The molecule has 0 radical (unpaired) electrons. The SMILES string of the molecule is Cc1ccn(CCNC(=O)C2CCC(NC(=O)c3ccc4nc[nH]c4c3)CC2)n1. The van der Waals surface area contributed by atoms with Crippen molar-refractivity contribution in [3.05, 3.63) is 48.0 Å². The molecule has 0 aliphatic heterocycles. The molecule has 1 saturated carbocycles. The fraction of sp³-hybridized carbons (Fsp3) is 0.429. The van der Waals surface area contributed by atoms with Gasteiger partial charge in [0.1, 0.15) is 0 Å². The van der Waals surface area contributed by atoms with Gasteiger partial charge in [0.25, 0.3) is 5.91 Å². The van der Waals surface area contributed by atoms with Crippen LogP contribution in [-0.2, 0) is 11.3 Å². The van der Waals surface area contributed by atoms with Crippen LogP contribution in [0.25, 0.3) is 11.0 Å². The predicted octanol–water partition coefficient (Wildman–Crippen LogP) is 2.17. The number of nitrogens with one attached hydrogen (secondary N) is 3. The maximum absolute atomic E-state index is 12.5. The summed E-state index contributed by atoms with van der Waals surface area (Å²) < 4.78 is 1.84. The largest absolute Gasteiger partial charge is 0.354 e. The monoisotopic (exact) mass is 394 g/mol. The Hall–Kier alpha value is -3.16. The minimum Gasteiger partial charge on any atom is -0.354 e. The Labute approximate surface area is 169 Å². The highest BCUT2D eigenvalue weighted by atomic mass is 16.2. The third kappa shape index (κ3) is 4.64. The van der Waals surface area contributed by atoms with E-state index in [1.807, 2.05) is 36.0 Å². The smallest absolute Gasteiger partial charge is 0.251 e. The van der Waals surface area contributed by atoms with Gasteiger partial charge in [0, 0.05) is 30.3 Å². The van der Waals surface area contributed by atoms with Crippen LogP contribution < -0.4 is 10.6 Å². The Morgan fingerprint density at radius 2 is 2.03 bits per heavy atom. The number of benzene rings is 1. The second-order valence-electron chi connectivity index (χ2n) is 7.67. The summed E-state index contributed by atoms with van der Waals surface area (Å²) in [6.45, 7) is 3.19. The third-order valence-corrected chi connectivity index (χ3v) is 5.53. The Balaban J connectivity index is 1.21. The molecule has 152 valence electrons. The van der Waals surface area contributed by atoms with E-state index >= 15 is 0 Å². The van der Waals surface area contributed by atoms with Gasteiger partial charge in [-0.25, -0.2) is 4.98 Å². The van der Waals surface area contributed by atoms with E-state index in [0.29, 0.717) is 18.7 Å². The molecule has 8 heteroatoms. The second-order valence-corrected chi connectivity index (χ2v) is 7.67. The first-order valence-corrected chi connectivity index (χ1v) is 10.1. The van der Waals surface area contributed by atoms with Gasteiger partial charge in [-0.3, -0.25) is 14.3 Å². The number of aryl methyl sites for hydroxylation is 1. The van der Waals surface area contributed by atoms with Crippen molar-refractivity contribution < 1.29 is 9.59 Å². The van der Waals surface area contributed by atoms with Crippen molar-refractivity contribution in [1.82, 2.24) is 30.4 Å². The number of carbonyl (C=O) groups excluding carboxylic acids is 2. The number of amides is 2. The molecule has 1 aromatic carbocycles. The quantitative estimate of drug-likeness (QED) is 0.596. The molecular weight excluding hydrogens is 368 g/mol. The van der Waals surface area contributed by atoms with Gasteiger partial charge >= 0.3 is 0 Å². The fourth-order valence-electron chi connectivity index (χ4n) is 3.87. The number of carbonyl (C=O) groups is 2. The minimum atomic E-state index is -0.0797. The van der Waals surface area contributed by atoms with Gasteiger partial charge in [-0.15, -0.1) is 0 Å². The number of hydrogen-bond donors (Lipinski definition) is 3. The zero-order valence-electron chi connectivity index (χ0n) is 16.5. The summed E-state index contributed by atoms with van der Waals surface area (Å²) in [5.41, 5.74) is 3.29. The highest BCUT2D eigenvalue weighted by Gasteiger charge is 2.27. The van der Waals surface area contributed by atoms with Crippen molar-refractivity contribution in [2.24, 2.45) is 5.92 Å². The molecule has 3 aromatic rings. The molecule has 0 atom stereocenters. The average Bonchev–Trinajstić information content (AvgIpc) is 3.36. The molecule has 1 aliphatic rings. The standard InChI is InChI=1S/C21H26N6O2/c1-14-8-10-27(26-14)11-9-22-20(28)15-2-5-17(6-3-15)25-21(29)16-4-7-18-19(12-16)24-13-23-18/h4,7-8,10,12-13,15,17H,2-3,5-6,9,11H2,1H3,(H,22,28)(H,23,24)(H,25,29). The van der Waals surface area contributed by atoms with Crippen LogP contribution in [0.4, 0.5) is 0 Å². The van der Waals surface area contributed by atoms with E-state index in [2.05, 4.69) is 25.7 Å². The number of H-pyrrole nitrogens is 1. The maximum Gasteiger partial charge on any atom is 0.251 e. The minimum absolute atomic E-state index is 0.0175. The number of imidazole rings is 1. The molecule has 0 saturated heterocycles. The molecule has 2 aromatic heterocycles. The first-order valence-electron chi connectivity index (χ1n) is 10.1. The molecule has 4 rings (SSSR count). The van der Waals surface area contributed by atoms with Crippen molar-refractivity contribution in [2.45, 2.75) is 45.2 Å². The second kappa shape index (κ2) is 8.46. The van der Waals surface area contributed by atoms with Crippen LogP contribution in [0.15, 0.2) is 36.8 Å². The highest BCUT2D eigenvalue weighted by molar-refractivity contribution is 5.97. The Kier molecular flexibility index (Phi) is 5.59. The van der Waals surface area contributed by atoms with E-state index in [1.54, 1.807) is 12.4 Å². The number of rotatable bonds is 6. The molecule has 0 unspecified atom stereocenters. The lowest BCUT2D eigenvalue weighted by Gasteiger charge is -2.28. The molecule has 1 fully saturated rings. The highest BCUT2D eigenvalue weighted by Crippen LogP contribution is 2.25. The molecule has 3 N–H and O–H groups in total. The lowest BCUT2D eigenvalue weighted by Crippen LogP contribution is -2.41. The van der Waals surface area contributed by atoms with E-state index in [1.165, 1.54) is 0 Å². The first-order chi connectivity index (χ1) is 14.1. The average molecular weight is 394 g/mol. The van der Waals surface area contributed by atoms with Crippen LogP contribution in [0, 0.1) is 12.8 Å². The van der Waals surface area contributed by atoms with Crippen molar-refractivity contribution in [3.8, 4) is 0 Å². The topological polar surface area (TPSA) is 105 Å². The predicted molar refractivity (Wildman–Crippen MR) is 109 cm³/mol. The zero-order chi connectivity index (χ0) is 20.2. The van der Waals surface area contributed by atoms with Gasteiger partial charge in [-0.05, 0) is 56.9 Å². The Bertz CT molecular complexity index is 999. The van der Waals surface area contributed by atoms with Crippen LogP contribution in [0.1, 0.15) is 41.7 Å². The lowest BCUT2D eigenvalue weighted by atomic mass is 9.85. The molecule has 2 heterocycles. The molecule has 1 aliphatic carbocycles. The van der Waals surface area contributed by atoms with E-state index < -0.39 is 0 Å². The van der Waals surface area contributed by atoms with Gasteiger partial charge in [-0.2, -0.15) is 5.10 Å². The molecule has 29 heavy (non-hydrogen) atoms. The van der Waals surface area contributed by atoms with Crippen molar-refractivity contribution in [1.29, 1.82) is 0 Å². The third-order valence-electron chi connectivity index (χ3n) is 5.53. The van der Waals surface area contributed by atoms with Gasteiger partial charge < -0.3 is 15.6 Å². The lowest BCUT2D eigenvalue weighted by molar-refractivity contribution is -0.126. The van der Waals surface area contributed by atoms with E-state index in [0.717, 1.165) is 42.4 Å². The van der Waals surface area contributed by atoms with Crippen LogP contribution in [0.5, 0.6) is 0 Å². The normalized spacial score (nSPS) is 19.2. The Morgan fingerprint density at radius 1 is 1.21 bits per heavy atom. The fourth-order valence-corrected chi connectivity index (χ4v) is 3.87. The van der Waals surface area contributed by atoms with E-state index in [-0.39, 0.29) is 23.8 Å². The van der Waals surface area contributed by atoms with E-state index in [4.69, 9.17) is 0 Å². The Morgan fingerprint density at radius 3 is 2.79 bits per heavy atom. The van der Waals surface area contributed by atoms with Gasteiger partial charge in [0.15, 0.2) is 0 Å². The van der Waals surface area contributed by atoms with E-state index in [9.17, 15) is 9.59 Å². The molecule has 0 bridgehead atoms. The van der Waals surface area contributed by atoms with Crippen LogP contribution in [-0.4, -0.2) is 44.1 Å². The summed E-state index contributed by atoms with van der Waals surface area (Å²) in [6, 6.07) is 7.50. The summed E-state index contributed by atoms with van der Waals surface area (Å²) >= 11 is 0.